The molecule has 1 atom stereocenters. The number of hydrogen-bond donors (Lipinski definition) is 1. The quantitative estimate of drug-likeness (QED) is 0.835. The van der Waals surface area contributed by atoms with Crippen LogP contribution in [0.2, 0.25) is 0 Å². The van der Waals surface area contributed by atoms with Gasteiger partial charge >= 0.3 is 0 Å². The van der Waals surface area contributed by atoms with E-state index in [1.165, 1.54) is 0 Å². The topological polar surface area (TPSA) is 49.8 Å². The van der Waals surface area contributed by atoms with Crippen LogP contribution in [0.15, 0.2) is 24.3 Å². The average molecular weight is 235 g/mol. The van der Waals surface area contributed by atoms with Gasteiger partial charge in [-0.2, -0.15) is 0 Å². The van der Waals surface area contributed by atoms with Crippen molar-refractivity contribution in [3.05, 3.63) is 29.8 Å². The van der Waals surface area contributed by atoms with Crippen LogP contribution in [-0.4, -0.2) is 36.4 Å². The molecule has 1 aliphatic rings. The van der Waals surface area contributed by atoms with E-state index in [2.05, 4.69) is 0 Å². The van der Waals surface area contributed by atoms with Crippen molar-refractivity contribution in [3.63, 3.8) is 0 Å². The molecule has 1 aromatic rings. The number of rotatable bonds is 2. The Balaban J connectivity index is 2.30. The highest BCUT2D eigenvalue weighted by Crippen LogP contribution is 2.26. The number of carbonyl (C=O) groups is 1. The summed E-state index contributed by atoms with van der Waals surface area (Å²) in [5.74, 6) is -0.0646. The molecule has 1 fully saturated rings. The average Bonchev–Trinajstić information content (AvgIpc) is 2.34. The minimum Gasteiger partial charge on any atom is -0.393 e. The number of nitrogens with zero attached hydrogens (tertiary/aromatic N) is 1. The SMILES string of the molecule is Cc1ccccc1N1CC(C)(CO)OCC1=O. The summed E-state index contributed by atoms with van der Waals surface area (Å²) in [6, 6.07) is 7.72. The van der Waals surface area contributed by atoms with E-state index in [1.54, 1.807) is 4.90 Å². The van der Waals surface area contributed by atoms with Crippen LogP contribution in [-0.2, 0) is 9.53 Å². The largest absolute Gasteiger partial charge is 0.393 e. The fourth-order valence-corrected chi connectivity index (χ4v) is 1.96. The highest BCUT2D eigenvalue weighted by molar-refractivity contribution is 5.95. The highest BCUT2D eigenvalue weighted by atomic mass is 16.5. The standard InChI is InChI=1S/C13H17NO3/c1-10-5-3-4-6-11(10)14-8-13(2,9-15)17-7-12(14)16/h3-6,15H,7-9H2,1-2H3. The lowest BCUT2D eigenvalue weighted by molar-refractivity contribution is -0.141. The van der Waals surface area contributed by atoms with E-state index in [0.717, 1.165) is 11.3 Å². The fourth-order valence-electron chi connectivity index (χ4n) is 1.96. The molecule has 1 unspecified atom stereocenters. The first kappa shape index (κ1) is 12.1. The molecule has 1 saturated heterocycles. The Morgan fingerprint density at radius 3 is 2.82 bits per heavy atom. The Labute approximate surface area is 101 Å². The molecule has 17 heavy (non-hydrogen) atoms. The Hall–Kier alpha value is -1.39. The number of aryl methyl sites for hydroxylation is 1. The van der Waals surface area contributed by atoms with Crippen LogP contribution in [0, 0.1) is 6.92 Å². The number of ether oxygens (including phenoxy) is 1. The minimum absolute atomic E-state index is 0.0192. The summed E-state index contributed by atoms with van der Waals surface area (Å²) in [4.78, 5) is 13.6. The van der Waals surface area contributed by atoms with Gasteiger partial charge in [0.15, 0.2) is 0 Å². The lowest BCUT2D eigenvalue weighted by Gasteiger charge is -2.39. The van der Waals surface area contributed by atoms with Crippen LogP contribution < -0.4 is 4.90 Å². The Morgan fingerprint density at radius 2 is 2.18 bits per heavy atom. The van der Waals surface area contributed by atoms with Gasteiger partial charge in [0.25, 0.3) is 5.91 Å². The van der Waals surface area contributed by atoms with Crippen LogP contribution in [0.5, 0.6) is 0 Å². The number of benzene rings is 1. The zero-order valence-corrected chi connectivity index (χ0v) is 10.1. The van der Waals surface area contributed by atoms with Crippen LogP contribution in [0.4, 0.5) is 5.69 Å². The summed E-state index contributed by atoms with van der Waals surface area (Å²) in [5.41, 5.74) is 1.26. The van der Waals surface area contributed by atoms with Crippen molar-refractivity contribution in [2.24, 2.45) is 0 Å². The number of para-hydroxylation sites is 1. The number of aliphatic hydroxyl groups excluding tert-OH is 1. The van der Waals surface area contributed by atoms with Crippen LogP contribution in [0.3, 0.4) is 0 Å². The van der Waals surface area contributed by atoms with E-state index in [1.807, 2.05) is 38.1 Å². The van der Waals surface area contributed by atoms with E-state index in [9.17, 15) is 9.90 Å². The smallest absolute Gasteiger partial charge is 0.253 e. The van der Waals surface area contributed by atoms with Crippen molar-refractivity contribution < 1.29 is 14.6 Å². The van der Waals surface area contributed by atoms with Gasteiger partial charge in [0, 0.05) is 5.69 Å². The summed E-state index contributed by atoms with van der Waals surface area (Å²) in [6.07, 6.45) is 0. The Bertz CT molecular complexity index is 432. The number of hydrogen-bond acceptors (Lipinski definition) is 3. The molecule has 1 amide bonds. The van der Waals surface area contributed by atoms with Crippen molar-refractivity contribution in [1.29, 1.82) is 0 Å². The molecular weight excluding hydrogens is 218 g/mol. The first-order chi connectivity index (χ1) is 8.06. The molecule has 4 nitrogen and oxygen atoms in total. The second-order valence-electron chi connectivity index (χ2n) is 4.66. The molecule has 92 valence electrons. The predicted octanol–water partition coefficient (Wildman–Crippen LogP) is 1.11. The fraction of sp³-hybridized carbons (Fsp3) is 0.462. The van der Waals surface area contributed by atoms with Crippen LogP contribution in [0.1, 0.15) is 12.5 Å². The summed E-state index contributed by atoms with van der Waals surface area (Å²) in [7, 11) is 0. The summed E-state index contributed by atoms with van der Waals surface area (Å²) >= 11 is 0. The third-order valence-electron chi connectivity index (χ3n) is 3.08. The molecule has 2 rings (SSSR count). The van der Waals surface area contributed by atoms with Gasteiger partial charge in [0.05, 0.1) is 13.2 Å². The van der Waals surface area contributed by atoms with Gasteiger partial charge in [-0.3, -0.25) is 4.79 Å². The lowest BCUT2D eigenvalue weighted by atomic mass is 10.0. The molecule has 1 aromatic carbocycles. The van der Waals surface area contributed by atoms with Gasteiger partial charge in [-0.25, -0.2) is 0 Å². The third kappa shape index (κ3) is 2.33. The molecule has 1 N–H and O–H groups in total. The lowest BCUT2D eigenvalue weighted by Crippen LogP contribution is -2.55. The highest BCUT2D eigenvalue weighted by Gasteiger charge is 2.36. The van der Waals surface area contributed by atoms with Crippen LogP contribution in [0.25, 0.3) is 0 Å². The normalized spacial score (nSPS) is 25.1. The molecule has 0 aliphatic carbocycles. The van der Waals surface area contributed by atoms with E-state index in [-0.39, 0.29) is 19.1 Å². The van der Waals surface area contributed by atoms with Crippen molar-refractivity contribution in [2.45, 2.75) is 19.4 Å². The molecule has 0 aromatic heterocycles. The van der Waals surface area contributed by atoms with E-state index in [0.29, 0.717) is 6.54 Å². The Kier molecular flexibility index (Phi) is 3.17. The molecule has 0 bridgehead atoms. The molecule has 0 saturated carbocycles. The monoisotopic (exact) mass is 235 g/mol. The second-order valence-corrected chi connectivity index (χ2v) is 4.66. The summed E-state index contributed by atoms with van der Waals surface area (Å²) in [5, 5.41) is 9.31. The molecule has 1 aliphatic heterocycles. The van der Waals surface area contributed by atoms with Crippen LogP contribution >= 0.6 is 0 Å². The van der Waals surface area contributed by atoms with Gasteiger partial charge in [-0.1, -0.05) is 18.2 Å². The number of anilines is 1. The number of aliphatic hydroxyl groups is 1. The van der Waals surface area contributed by atoms with Gasteiger partial charge in [-0.15, -0.1) is 0 Å². The van der Waals surface area contributed by atoms with Crippen molar-refractivity contribution in [3.8, 4) is 0 Å². The van der Waals surface area contributed by atoms with Gasteiger partial charge < -0.3 is 14.7 Å². The zero-order chi connectivity index (χ0) is 12.5. The maximum atomic E-state index is 11.9. The van der Waals surface area contributed by atoms with Gasteiger partial charge in [-0.05, 0) is 25.5 Å². The molecule has 0 spiro atoms. The zero-order valence-electron chi connectivity index (χ0n) is 10.1. The molecule has 1 heterocycles. The third-order valence-corrected chi connectivity index (χ3v) is 3.08. The summed E-state index contributed by atoms with van der Waals surface area (Å²) in [6.45, 7) is 4.08. The second kappa shape index (κ2) is 4.47. The maximum absolute atomic E-state index is 11.9. The molecule has 4 heteroatoms. The Morgan fingerprint density at radius 1 is 1.47 bits per heavy atom. The molecule has 0 radical (unpaired) electrons. The van der Waals surface area contributed by atoms with Crippen molar-refractivity contribution in [2.75, 3.05) is 24.7 Å². The number of carbonyl (C=O) groups excluding carboxylic acids is 1. The van der Waals surface area contributed by atoms with E-state index < -0.39 is 5.60 Å². The summed E-state index contributed by atoms with van der Waals surface area (Å²) < 4.78 is 5.38. The van der Waals surface area contributed by atoms with Gasteiger partial charge in [0.1, 0.15) is 12.2 Å². The van der Waals surface area contributed by atoms with Crippen molar-refractivity contribution >= 4 is 11.6 Å². The number of amides is 1. The van der Waals surface area contributed by atoms with E-state index in [4.69, 9.17) is 4.74 Å². The van der Waals surface area contributed by atoms with E-state index >= 15 is 0 Å². The first-order valence-corrected chi connectivity index (χ1v) is 5.66. The van der Waals surface area contributed by atoms with Gasteiger partial charge in [0.2, 0.25) is 0 Å². The predicted molar refractivity (Wildman–Crippen MR) is 65.0 cm³/mol. The van der Waals surface area contributed by atoms with Crippen molar-refractivity contribution in [1.82, 2.24) is 0 Å². The first-order valence-electron chi connectivity index (χ1n) is 5.66. The number of morpholine rings is 1. The maximum Gasteiger partial charge on any atom is 0.253 e. The molecular formula is C13H17NO3. The minimum atomic E-state index is -0.670.